The van der Waals surface area contributed by atoms with Gasteiger partial charge in [0.05, 0.1) is 0 Å². The quantitative estimate of drug-likeness (QED) is 0.597. The zero-order valence-electron chi connectivity index (χ0n) is 9.96. The molecule has 0 heterocycles. The molecule has 16 heavy (non-hydrogen) atoms. The van der Waals surface area contributed by atoms with E-state index in [1.165, 1.54) is 38.5 Å². The summed E-state index contributed by atoms with van der Waals surface area (Å²) < 4.78 is 0. The van der Waals surface area contributed by atoms with Crippen LogP contribution in [0.1, 0.15) is 45.4 Å². The topological polar surface area (TPSA) is 0 Å². The third-order valence-electron chi connectivity index (χ3n) is 3.27. The minimum atomic E-state index is 0. The van der Waals surface area contributed by atoms with Crippen molar-refractivity contribution >= 4 is 0 Å². The first-order valence-electron chi connectivity index (χ1n) is 6.14. The van der Waals surface area contributed by atoms with Gasteiger partial charge in [0.25, 0.3) is 0 Å². The van der Waals surface area contributed by atoms with Crippen LogP contribution < -0.4 is 0 Å². The molecule has 1 radical (unpaired) electrons. The first kappa shape index (κ1) is 13.7. The van der Waals surface area contributed by atoms with Crippen molar-refractivity contribution in [3.8, 4) is 0 Å². The van der Waals surface area contributed by atoms with Crippen LogP contribution in [0.15, 0.2) is 47.1 Å². The van der Waals surface area contributed by atoms with Crippen molar-refractivity contribution in [2.75, 3.05) is 0 Å². The Labute approximate surface area is 113 Å². The molecule has 1 heteroatoms. The average Bonchev–Trinajstić information content (AvgIpc) is 2.65. The van der Waals surface area contributed by atoms with E-state index in [-0.39, 0.29) is 20.1 Å². The van der Waals surface area contributed by atoms with Crippen molar-refractivity contribution in [2.24, 2.45) is 0 Å². The van der Waals surface area contributed by atoms with Gasteiger partial charge in [-0.3, -0.25) is 0 Å². The number of hydrogen-bond donors (Lipinski definition) is 0. The van der Waals surface area contributed by atoms with Crippen LogP contribution in [-0.4, -0.2) is 0 Å². The van der Waals surface area contributed by atoms with E-state index in [2.05, 4.69) is 37.3 Å². The van der Waals surface area contributed by atoms with Gasteiger partial charge in [-0.05, 0) is 55.2 Å². The van der Waals surface area contributed by atoms with E-state index in [0.29, 0.717) is 0 Å². The van der Waals surface area contributed by atoms with Gasteiger partial charge in [0, 0.05) is 20.1 Å². The molecule has 0 fully saturated rings. The Hall–Kier alpha value is -0.391. The monoisotopic (exact) mass is 393 g/mol. The van der Waals surface area contributed by atoms with Crippen molar-refractivity contribution in [2.45, 2.75) is 45.4 Å². The Morgan fingerprint density at radius 1 is 1.06 bits per heavy atom. The summed E-state index contributed by atoms with van der Waals surface area (Å²) in [6.07, 6.45) is 19.0. The van der Waals surface area contributed by atoms with E-state index in [1.54, 1.807) is 16.7 Å². The van der Waals surface area contributed by atoms with Crippen LogP contribution in [-0.2, 0) is 20.1 Å². The molecule has 2 aliphatic rings. The molecule has 0 aromatic heterocycles. The van der Waals surface area contributed by atoms with Crippen LogP contribution in [0.4, 0.5) is 0 Å². The summed E-state index contributed by atoms with van der Waals surface area (Å²) in [5.41, 5.74) is 4.79. The van der Waals surface area contributed by atoms with E-state index in [1.807, 2.05) is 0 Å². The minimum absolute atomic E-state index is 0. The molecule has 2 rings (SSSR count). The molecule has 0 saturated heterocycles. The molecule has 0 amide bonds. The van der Waals surface area contributed by atoms with Crippen molar-refractivity contribution < 1.29 is 20.1 Å². The predicted molar refractivity (Wildman–Crippen MR) is 66.8 cm³/mol. The van der Waals surface area contributed by atoms with E-state index in [0.717, 1.165) is 0 Å². The molecule has 2 aliphatic carbocycles. The van der Waals surface area contributed by atoms with Crippen molar-refractivity contribution in [3.05, 3.63) is 47.1 Å². The molecule has 0 aliphatic heterocycles. The van der Waals surface area contributed by atoms with Gasteiger partial charge in [-0.15, -0.1) is 0 Å². The molecular weight excluding hydrogens is 372 g/mol. The van der Waals surface area contributed by atoms with Crippen LogP contribution >= 0.6 is 0 Å². The standard InChI is InChI=1S/C15H20.Ir/c1-2-13-11-8-12-15(13)14-9-6-4-3-5-7-10-14;/h3-4,8,10-11H,2,5-7,9,12H2,1H3;. The van der Waals surface area contributed by atoms with Gasteiger partial charge >= 0.3 is 0 Å². The zero-order chi connectivity index (χ0) is 10.5. The van der Waals surface area contributed by atoms with E-state index in [4.69, 9.17) is 0 Å². The SMILES string of the molecule is CCC1=C(C2=CCCC=CCC2)CC=C1.[Ir]. The second kappa shape index (κ2) is 7.04. The normalized spacial score (nSPS) is 20.2. The van der Waals surface area contributed by atoms with E-state index < -0.39 is 0 Å². The number of hydrogen-bond acceptors (Lipinski definition) is 0. The van der Waals surface area contributed by atoms with Crippen molar-refractivity contribution in [1.29, 1.82) is 0 Å². The van der Waals surface area contributed by atoms with E-state index in [9.17, 15) is 0 Å². The largest absolute Gasteiger partial charge is 0.0882 e. The van der Waals surface area contributed by atoms with E-state index >= 15 is 0 Å². The molecule has 0 saturated carbocycles. The van der Waals surface area contributed by atoms with Crippen LogP contribution in [0.2, 0.25) is 0 Å². The number of rotatable bonds is 2. The molecule has 0 spiro atoms. The van der Waals surface area contributed by atoms with Crippen molar-refractivity contribution in [3.63, 3.8) is 0 Å². The number of allylic oxidation sites excluding steroid dienone is 8. The molecule has 0 bridgehead atoms. The maximum atomic E-state index is 2.46. The van der Waals surface area contributed by atoms with Crippen LogP contribution in [0, 0.1) is 0 Å². The summed E-state index contributed by atoms with van der Waals surface area (Å²) in [6, 6.07) is 0. The maximum Gasteiger partial charge on any atom is 0 e. The molecule has 89 valence electrons. The molecule has 0 unspecified atom stereocenters. The van der Waals surface area contributed by atoms with Gasteiger partial charge in [0.1, 0.15) is 0 Å². The second-order valence-corrected chi connectivity index (χ2v) is 4.28. The summed E-state index contributed by atoms with van der Waals surface area (Å²) in [5, 5.41) is 0. The van der Waals surface area contributed by atoms with Gasteiger partial charge < -0.3 is 0 Å². The summed E-state index contributed by atoms with van der Waals surface area (Å²) >= 11 is 0. The second-order valence-electron chi connectivity index (χ2n) is 4.28. The van der Waals surface area contributed by atoms with Crippen LogP contribution in [0.3, 0.4) is 0 Å². The Bertz CT molecular complexity index is 342. The maximum absolute atomic E-state index is 2.46. The molecule has 0 aromatic carbocycles. The zero-order valence-corrected chi connectivity index (χ0v) is 12.4. The Morgan fingerprint density at radius 3 is 2.69 bits per heavy atom. The fourth-order valence-corrected chi connectivity index (χ4v) is 2.42. The van der Waals surface area contributed by atoms with Crippen molar-refractivity contribution in [1.82, 2.24) is 0 Å². The Balaban J connectivity index is 0.00000128. The summed E-state index contributed by atoms with van der Waals surface area (Å²) in [7, 11) is 0. The molecule has 0 aromatic rings. The van der Waals surface area contributed by atoms with Gasteiger partial charge in [-0.2, -0.15) is 0 Å². The summed E-state index contributed by atoms with van der Waals surface area (Å²) in [6.45, 7) is 2.26. The first-order valence-corrected chi connectivity index (χ1v) is 6.14. The van der Waals surface area contributed by atoms with Crippen LogP contribution in [0.25, 0.3) is 0 Å². The van der Waals surface area contributed by atoms with Crippen LogP contribution in [0.5, 0.6) is 0 Å². The van der Waals surface area contributed by atoms with Gasteiger partial charge in [-0.25, -0.2) is 0 Å². The summed E-state index contributed by atoms with van der Waals surface area (Å²) in [5.74, 6) is 0. The molecule has 0 nitrogen and oxygen atoms in total. The van der Waals surface area contributed by atoms with Gasteiger partial charge in [0.2, 0.25) is 0 Å². The Morgan fingerprint density at radius 2 is 1.88 bits per heavy atom. The van der Waals surface area contributed by atoms with Gasteiger partial charge in [0.15, 0.2) is 0 Å². The molecule has 0 N–H and O–H groups in total. The third kappa shape index (κ3) is 3.30. The summed E-state index contributed by atoms with van der Waals surface area (Å²) in [4.78, 5) is 0. The smallest absolute Gasteiger partial charge is 0 e. The first-order chi connectivity index (χ1) is 7.42. The van der Waals surface area contributed by atoms with Gasteiger partial charge in [-0.1, -0.05) is 37.3 Å². The fraction of sp³-hybridized carbons (Fsp3) is 0.467. The minimum Gasteiger partial charge on any atom is -0.0882 e. The average molecular weight is 393 g/mol. The fourth-order valence-electron chi connectivity index (χ4n) is 2.42. The molecule has 0 atom stereocenters. The predicted octanol–water partition coefficient (Wildman–Crippen LogP) is 4.71. The Kier molecular flexibility index (Phi) is 6.01. The molecular formula is C15H20Ir. The third-order valence-corrected chi connectivity index (χ3v) is 3.27.